The number of rotatable bonds is 10. The molecule has 1 saturated carbocycles. The fourth-order valence-corrected chi connectivity index (χ4v) is 7.79. The molecule has 2 N–H and O–H groups in total. The molecule has 9 heteroatoms. The van der Waals surface area contributed by atoms with Crippen LogP contribution in [0.15, 0.2) is 48.7 Å². The molecule has 1 aromatic carbocycles. The van der Waals surface area contributed by atoms with Crippen LogP contribution < -0.4 is 0 Å². The smallest absolute Gasteiger partial charge is 0.321 e. The van der Waals surface area contributed by atoms with Crippen LogP contribution in [0.25, 0.3) is 5.65 Å². The van der Waals surface area contributed by atoms with E-state index in [1.165, 1.54) is 17.5 Å². The van der Waals surface area contributed by atoms with Crippen molar-refractivity contribution in [1.82, 2.24) is 29.8 Å². The van der Waals surface area contributed by atoms with E-state index >= 15 is 0 Å². The largest absolute Gasteiger partial charge is 0.480 e. The lowest BCUT2D eigenvalue weighted by Crippen LogP contribution is -2.47. The number of aliphatic hydroxyl groups is 1. The van der Waals surface area contributed by atoms with Crippen LogP contribution in [0.5, 0.6) is 0 Å². The van der Waals surface area contributed by atoms with Crippen molar-refractivity contribution in [2.45, 2.75) is 81.8 Å². The average Bonchev–Trinajstić information content (AvgIpc) is 3.62. The summed E-state index contributed by atoms with van der Waals surface area (Å²) in [6.45, 7) is 4.37. The minimum absolute atomic E-state index is 0.260. The third-order valence-corrected chi connectivity index (χ3v) is 10.1. The highest BCUT2D eigenvalue weighted by molar-refractivity contribution is 5.74. The Balaban J connectivity index is 1.05. The van der Waals surface area contributed by atoms with Crippen molar-refractivity contribution in [3.63, 3.8) is 0 Å². The number of aliphatic carboxylic acids is 1. The maximum absolute atomic E-state index is 12.5. The van der Waals surface area contributed by atoms with Gasteiger partial charge in [-0.05, 0) is 84.4 Å². The Labute approximate surface area is 242 Å². The van der Waals surface area contributed by atoms with Gasteiger partial charge < -0.3 is 15.1 Å². The van der Waals surface area contributed by atoms with Crippen LogP contribution in [0, 0.1) is 11.8 Å². The molecule has 220 valence electrons. The predicted molar refractivity (Wildman–Crippen MR) is 157 cm³/mol. The number of piperidine rings is 1. The van der Waals surface area contributed by atoms with Crippen LogP contribution in [0.4, 0.5) is 0 Å². The van der Waals surface area contributed by atoms with Crippen molar-refractivity contribution in [2.24, 2.45) is 11.8 Å². The number of hydrogen-bond donors (Lipinski definition) is 2. The Morgan fingerprint density at radius 2 is 1.80 bits per heavy atom. The average molecular weight is 561 g/mol. The minimum atomic E-state index is -0.648. The first-order valence-electron chi connectivity index (χ1n) is 15.6. The lowest BCUT2D eigenvalue weighted by atomic mass is 9.83. The van der Waals surface area contributed by atoms with Gasteiger partial charge in [-0.1, -0.05) is 55.7 Å². The van der Waals surface area contributed by atoms with Crippen LogP contribution in [0.1, 0.15) is 74.8 Å². The lowest BCUT2D eigenvalue weighted by Gasteiger charge is -2.40. The number of hydrogen-bond acceptors (Lipinski definition) is 7. The van der Waals surface area contributed by atoms with Gasteiger partial charge in [0.1, 0.15) is 6.04 Å². The number of pyridine rings is 1. The number of nitrogens with zero attached hydrogens (tertiary/aromatic N) is 6. The first-order valence-corrected chi connectivity index (χ1v) is 15.6. The summed E-state index contributed by atoms with van der Waals surface area (Å²) in [6.07, 6.45) is 11.7. The fraction of sp³-hybridized carbons (Fsp3) is 0.625. The van der Waals surface area contributed by atoms with E-state index in [2.05, 4.69) is 61.7 Å². The highest BCUT2D eigenvalue weighted by atomic mass is 16.4. The second kappa shape index (κ2) is 12.5. The third-order valence-electron chi connectivity index (χ3n) is 10.1. The number of carbonyl (C=O) groups is 1. The summed E-state index contributed by atoms with van der Waals surface area (Å²) in [7, 11) is 0. The van der Waals surface area contributed by atoms with Gasteiger partial charge in [0.05, 0.1) is 5.60 Å². The molecule has 0 amide bonds. The highest BCUT2D eigenvalue weighted by Gasteiger charge is 2.43. The first kappa shape index (κ1) is 28.2. The minimum Gasteiger partial charge on any atom is -0.480 e. The van der Waals surface area contributed by atoms with Gasteiger partial charge in [-0.25, -0.2) is 4.52 Å². The third kappa shape index (κ3) is 6.63. The summed E-state index contributed by atoms with van der Waals surface area (Å²) in [6, 6.07) is 14.3. The number of carboxylic acids is 1. The van der Waals surface area contributed by atoms with Crippen LogP contribution in [-0.2, 0) is 11.2 Å². The van der Waals surface area contributed by atoms with Gasteiger partial charge in [-0.3, -0.25) is 9.69 Å². The zero-order chi connectivity index (χ0) is 28.2. The molecule has 4 heterocycles. The molecule has 6 rings (SSSR count). The van der Waals surface area contributed by atoms with E-state index < -0.39 is 11.6 Å². The summed E-state index contributed by atoms with van der Waals surface area (Å²) in [5.41, 5.74) is 2.62. The second-order valence-corrected chi connectivity index (χ2v) is 12.8. The molecule has 0 bridgehead atoms. The number of carboxylic acid groups (broad SMARTS) is 1. The van der Waals surface area contributed by atoms with Crippen molar-refractivity contribution in [1.29, 1.82) is 0 Å². The van der Waals surface area contributed by atoms with E-state index in [0.717, 1.165) is 96.2 Å². The van der Waals surface area contributed by atoms with E-state index in [-0.39, 0.29) is 12.0 Å². The maximum atomic E-state index is 12.5. The number of aromatic nitrogens is 4. The van der Waals surface area contributed by atoms with Crippen molar-refractivity contribution < 1.29 is 15.0 Å². The molecular formula is C32H44N6O3. The zero-order valence-corrected chi connectivity index (χ0v) is 24.0. The monoisotopic (exact) mass is 560 g/mol. The standard InChI is InChI=1S/C32H44N6O3/c39-31(40)30(26-11-5-2-6-12-26)37-22-27(28(23-37)25-9-3-1-4-10-25)21-36-18-16-32(41,17-19-36)15-7-8-24-13-14-29-33-34-35-38(29)20-24/h1,3-4,9-10,13-14,20,26-28,30,41H,2,5-8,11-12,15-19,21-23H2,(H,39,40). The molecule has 3 fully saturated rings. The van der Waals surface area contributed by atoms with E-state index in [0.29, 0.717) is 11.8 Å². The normalized spacial score (nSPS) is 25.0. The molecule has 41 heavy (non-hydrogen) atoms. The summed E-state index contributed by atoms with van der Waals surface area (Å²) in [5, 5.41) is 33.3. The summed E-state index contributed by atoms with van der Waals surface area (Å²) in [4.78, 5) is 17.3. The van der Waals surface area contributed by atoms with Crippen LogP contribution in [0.3, 0.4) is 0 Å². The van der Waals surface area contributed by atoms with E-state index in [1.54, 1.807) is 4.52 Å². The molecular weight excluding hydrogens is 516 g/mol. The quantitative estimate of drug-likeness (QED) is 0.383. The van der Waals surface area contributed by atoms with Crippen molar-refractivity contribution >= 4 is 11.6 Å². The molecule has 0 radical (unpaired) electrons. The number of tetrazole rings is 1. The molecule has 3 atom stereocenters. The zero-order valence-electron chi connectivity index (χ0n) is 24.0. The SMILES string of the molecule is O=C(O)C(C1CCCCC1)N1CC(CN2CCC(O)(CCCc3ccc4nnnn4c3)CC2)C(c2ccccc2)C1. The highest BCUT2D eigenvalue weighted by Crippen LogP contribution is 2.39. The van der Waals surface area contributed by atoms with E-state index in [9.17, 15) is 15.0 Å². The molecule has 3 aromatic rings. The van der Waals surface area contributed by atoms with Gasteiger partial charge in [0.2, 0.25) is 0 Å². The summed E-state index contributed by atoms with van der Waals surface area (Å²) < 4.78 is 1.70. The van der Waals surface area contributed by atoms with Gasteiger partial charge in [0.25, 0.3) is 0 Å². The molecule has 2 aromatic heterocycles. The Kier molecular flexibility index (Phi) is 8.65. The van der Waals surface area contributed by atoms with Gasteiger partial charge in [-0.15, -0.1) is 5.10 Å². The Hall–Kier alpha value is -2.88. The van der Waals surface area contributed by atoms with Gasteiger partial charge in [0.15, 0.2) is 5.65 Å². The van der Waals surface area contributed by atoms with Crippen LogP contribution in [0.2, 0.25) is 0 Å². The molecule has 0 spiro atoms. The summed E-state index contributed by atoms with van der Waals surface area (Å²) in [5.74, 6) is 0.330. The first-order chi connectivity index (χ1) is 20.0. The van der Waals surface area contributed by atoms with Gasteiger partial charge in [-0.2, -0.15) is 0 Å². The van der Waals surface area contributed by atoms with E-state index in [4.69, 9.17) is 0 Å². The summed E-state index contributed by atoms with van der Waals surface area (Å²) >= 11 is 0. The molecule has 9 nitrogen and oxygen atoms in total. The number of likely N-dealkylation sites (tertiary alicyclic amines) is 2. The van der Waals surface area contributed by atoms with Crippen molar-refractivity contribution in [3.8, 4) is 0 Å². The lowest BCUT2D eigenvalue weighted by molar-refractivity contribution is -0.145. The van der Waals surface area contributed by atoms with E-state index in [1.807, 2.05) is 12.3 Å². The molecule has 3 aliphatic rings. The Morgan fingerprint density at radius 1 is 1.02 bits per heavy atom. The van der Waals surface area contributed by atoms with Crippen molar-refractivity contribution in [2.75, 3.05) is 32.7 Å². The number of benzene rings is 1. The predicted octanol–water partition coefficient (Wildman–Crippen LogP) is 4.02. The molecule has 2 saturated heterocycles. The van der Waals surface area contributed by atoms with Crippen LogP contribution >= 0.6 is 0 Å². The second-order valence-electron chi connectivity index (χ2n) is 12.8. The topological polar surface area (TPSA) is 107 Å². The van der Waals surface area contributed by atoms with Crippen molar-refractivity contribution in [3.05, 3.63) is 59.8 Å². The molecule has 3 unspecified atom stereocenters. The molecule has 1 aliphatic carbocycles. The maximum Gasteiger partial charge on any atom is 0.321 e. The Bertz CT molecular complexity index is 1280. The molecule has 2 aliphatic heterocycles. The van der Waals surface area contributed by atoms with Gasteiger partial charge >= 0.3 is 5.97 Å². The fourth-order valence-electron chi connectivity index (χ4n) is 7.79. The van der Waals surface area contributed by atoms with Crippen LogP contribution in [-0.4, -0.2) is 90.4 Å². The van der Waals surface area contributed by atoms with Gasteiger partial charge in [0, 0.05) is 44.8 Å². The number of aryl methyl sites for hydroxylation is 1. The number of fused-ring (bicyclic) bond motifs is 1. The Morgan fingerprint density at radius 3 is 2.56 bits per heavy atom.